The summed E-state index contributed by atoms with van der Waals surface area (Å²) in [4.78, 5) is 30.1. The van der Waals surface area contributed by atoms with E-state index in [1.165, 1.54) is 11.3 Å². The number of nitrogens with one attached hydrogen (secondary N) is 1. The number of hydrogen-bond acceptors (Lipinski definition) is 6. The summed E-state index contributed by atoms with van der Waals surface area (Å²) in [6.07, 6.45) is -1.02. The van der Waals surface area contributed by atoms with E-state index >= 15 is 0 Å². The Labute approximate surface area is 183 Å². The number of anilines is 1. The minimum atomic E-state index is -4.29. The number of amides is 2. The fraction of sp³-hybridized carbons (Fsp3) is 0.700. The molecule has 0 aromatic carbocycles. The number of carbonyl (C=O) groups is 2. The molecule has 1 aromatic rings. The second-order valence-electron chi connectivity index (χ2n) is 7.99. The van der Waals surface area contributed by atoms with E-state index in [-0.39, 0.29) is 18.6 Å². The first-order chi connectivity index (χ1) is 14.7. The molecule has 11 heteroatoms. The van der Waals surface area contributed by atoms with Crippen LogP contribution < -0.4 is 11.1 Å². The Hall–Kier alpha value is -1.69. The maximum Gasteiger partial charge on any atom is 0.411 e. The van der Waals surface area contributed by atoms with Crippen molar-refractivity contribution in [3.63, 3.8) is 0 Å². The molecule has 0 spiro atoms. The number of piperazine rings is 1. The molecule has 1 fully saturated rings. The Kier molecular flexibility index (Phi) is 7.95. The fourth-order valence-electron chi connectivity index (χ4n) is 4.09. The summed E-state index contributed by atoms with van der Waals surface area (Å²) in [6, 6.07) is -0.366. The summed E-state index contributed by atoms with van der Waals surface area (Å²) >= 11 is 1.44. The molecule has 7 nitrogen and oxygen atoms in total. The lowest BCUT2D eigenvalue weighted by Gasteiger charge is -2.37. The molecule has 1 aliphatic heterocycles. The van der Waals surface area contributed by atoms with Crippen LogP contribution >= 0.6 is 11.3 Å². The number of aryl methyl sites for hydroxylation is 1. The zero-order valence-electron chi connectivity index (χ0n) is 17.6. The van der Waals surface area contributed by atoms with Crippen LogP contribution in [0.4, 0.5) is 18.2 Å². The molecule has 174 valence electrons. The van der Waals surface area contributed by atoms with Gasteiger partial charge < -0.3 is 20.7 Å². The molecular weight excluding hydrogens is 433 g/mol. The minimum absolute atomic E-state index is 0.0749. The fourth-order valence-corrected chi connectivity index (χ4v) is 5.39. The quantitative estimate of drug-likeness (QED) is 0.550. The lowest BCUT2D eigenvalue weighted by atomic mass is 10.1. The Balaban J connectivity index is 1.43. The highest BCUT2D eigenvalue weighted by atomic mass is 32.1. The average Bonchev–Trinajstić information content (AvgIpc) is 3.27. The molecule has 0 bridgehead atoms. The van der Waals surface area contributed by atoms with Gasteiger partial charge in [-0.2, -0.15) is 13.2 Å². The first-order valence-electron chi connectivity index (χ1n) is 10.5. The van der Waals surface area contributed by atoms with Gasteiger partial charge in [-0.15, -0.1) is 11.3 Å². The summed E-state index contributed by atoms with van der Waals surface area (Å²) < 4.78 is 40.8. The summed E-state index contributed by atoms with van der Waals surface area (Å²) in [5, 5.41) is 3.45. The van der Waals surface area contributed by atoms with Crippen molar-refractivity contribution in [2.75, 3.05) is 51.3 Å². The molecule has 2 amide bonds. The standard InChI is InChI=1S/C20H29F3N4O3S/c1-13(18(29)25-19-16(17(24)28)14-4-2-5-15(14)31-19)27-9-7-26(8-10-27)6-3-11-30-12-20(21,22)23/h13H,2-12H2,1H3,(H2,24,28)(H,25,29). The Bertz CT molecular complexity index is 791. The summed E-state index contributed by atoms with van der Waals surface area (Å²) in [6.45, 7) is 4.19. The second-order valence-corrected chi connectivity index (χ2v) is 9.10. The monoisotopic (exact) mass is 462 g/mol. The van der Waals surface area contributed by atoms with Crippen LogP contribution in [0.3, 0.4) is 0 Å². The van der Waals surface area contributed by atoms with Crippen molar-refractivity contribution in [3.05, 3.63) is 16.0 Å². The minimum Gasteiger partial charge on any atom is -0.372 e. The molecule has 0 saturated carbocycles. The smallest absolute Gasteiger partial charge is 0.372 e. The number of halogens is 3. The number of ether oxygens (including phenoxy) is 1. The lowest BCUT2D eigenvalue weighted by molar-refractivity contribution is -0.174. The predicted octanol–water partition coefficient (Wildman–Crippen LogP) is 2.25. The number of alkyl halides is 3. The van der Waals surface area contributed by atoms with Crippen molar-refractivity contribution in [1.82, 2.24) is 9.80 Å². The van der Waals surface area contributed by atoms with Crippen molar-refractivity contribution in [1.29, 1.82) is 0 Å². The number of carbonyl (C=O) groups excluding carboxylic acids is 2. The van der Waals surface area contributed by atoms with Crippen LogP contribution in [0.2, 0.25) is 0 Å². The van der Waals surface area contributed by atoms with Crippen molar-refractivity contribution in [2.24, 2.45) is 5.73 Å². The van der Waals surface area contributed by atoms with E-state index in [1.807, 2.05) is 6.92 Å². The SMILES string of the molecule is CC(C(=O)Nc1sc2c(c1C(N)=O)CCC2)N1CCN(CCCOCC(F)(F)F)CC1. The topological polar surface area (TPSA) is 87.9 Å². The first-order valence-corrected chi connectivity index (χ1v) is 11.3. The van der Waals surface area contributed by atoms with Crippen molar-refractivity contribution < 1.29 is 27.5 Å². The zero-order valence-corrected chi connectivity index (χ0v) is 18.4. The second kappa shape index (κ2) is 10.3. The van der Waals surface area contributed by atoms with Gasteiger partial charge in [-0.25, -0.2) is 0 Å². The molecule has 1 atom stereocenters. The van der Waals surface area contributed by atoms with Crippen LogP contribution in [-0.2, 0) is 22.4 Å². The third-order valence-corrected chi connectivity index (χ3v) is 6.97. The molecule has 1 unspecified atom stereocenters. The van der Waals surface area contributed by atoms with Crippen LogP contribution in [0.15, 0.2) is 0 Å². The van der Waals surface area contributed by atoms with E-state index in [0.29, 0.717) is 36.6 Å². The van der Waals surface area contributed by atoms with E-state index in [2.05, 4.69) is 19.9 Å². The van der Waals surface area contributed by atoms with E-state index in [4.69, 9.17) is 5.73 Å². The Morgan fingerprint density at radius 3 is 2.58 bits per heavy atom. The van der Waals surface area contributed by atoms with Crippen LogP contribution in [0.5, 0.6) is 0 Å². The predicted molar refractivity (Wildman–Crippen MR) is 112 cm³/mol. The van der Waals surface area contributed by atoms with Gasteiger partial charge in [-0.05, 0) is 38.2 Å². The van der Waals surface area contributed by atoms with Gasteiger partial charge in [0.1, 0.15) is 11.6 Å². The van der Waals surface area contributed by atoms with Gasteiger partial charge in [0.2, 0.25) is 5.91 Å². The number of hydrogen-bond donors (Lipinski definition) is 2. The van der Waals surface area contributed by atoms with Gasteiger partial charge >= 0.3 is 6.18 Å². The van der Waals surface area contributed by atoms with Gasteiger partial charge in [0, 0.05) is 44.2 Å². The van der Waals surface area contributed by atoms with Crippen molar-refractivity contribution in [2.45, 2.75) is 44.8 Å². The molecule has 3 rings (SSSR count). The molecule has 1 saturated heterocycles. The third kappa shape index (κ3) is 6.41. The van der Waals surface area contributed by atoms with E-state index < -0.39 is 18.7 Å². The molecule has 3 N–H and O–H groups in total. The Morgan fingerprint density at radius 2 is 1.94 bits per heavy atom. The summed E-state index contributed by atoms with van der Waals surface area (Å²) in [5.41, 5.74) is 6.99. The van der Waals surface area contributed by atoms with E-state index in [9.17, 15) is 22.8 Å². The Morgan fingerprint density at radius 1 is 1.23 bits per heavy atom. The average molecular weight is 463 g/mol. The first kappa shape index (κ1) is 24.0. The summed E-state index contributed by atoms with van der Waals surface area (Å²) in [7, 11) is 0. The van der Waals surface area contributed by atoms with E-state index in [0.717, 1.165) is 42.8 Å². The molecule has 2 aliphatic rings. The number of rotatable bonds is 9. The highest BCUT2D eigenvalue weighted by Gasteiger charge is 2.30. The molecule has 2 heterocycles. The maximum atomic E-state index is 12.8. The van der Waals surface area contributed by atoms with E-state index in [1.54, 1.807) is 0 Å². The molecular formula is C20H29F3N4O3S. The van der Waals surface area contributed by atoms with Crippen LogP contribution in [0, 0.1) is 0 Å². The third-order valence-electron chi connectivity index (χ3n) is 5.77. The van der Waals surface area contributed by atoms with Crippen molar-refractivity contribution >= 4 is 28.2 Å². The summed E-state index contributed by atoms with van der Waals surface area (Å²) in [5.74, 6) is -0.674. The van der Waals surface area contributed by atoms with Gasteiger partial charge in [0.05, 0.1) is 11.6 Å². The number of nitrogens with two attached hydrogens (primary N) is 1. The highest BCUT2D eigenvalue weighted by Crippen LogP contribution is 2.38. The number of fused-ring (bicyclic) bond motifs is 1. The van der Waals surface area contributed by atoms with Crippen LogP contribution in [0.1, 0.15) is 40.6 Å². The number of nitrogens with zero attached hydrogens (tertiary/aromatic N) is 2. The molecule has 0 radical (unpaired) electrons. The molecule has 1 aromatic heterocycles. The zero-order chi connectivity index (χ0) is 22.6. The largest absolute Gasteiger partial charge is 0.411 e. The van der Waals surface area contributed by atoms with Crippen LogP contribution in [-0.4, -0.2) is 79.8 Å². The van der Waals surface area contributed by atoms with Gasteiger partial charge in [-0.3, -0.25) is 14.5 Å². The van der Waals surface area contributed by atoms with Gasteiger partial charge in [-0.1, -0.05) is 0 Å². The lowest BCUT2D eigenvalue weighted by Crippen LogP contribution is -2.52. The normalized spacial score (nSPS) is 18.7. The van der Waals surface area contributed by atoms with Crippen molar-refractivity contribution in [3.8, 4) is 0 Å². The van der Waals surface area contributed by atoms with Gasteiger partial charge in [0.15, 0.2) is 0 Å². The molecule has 31 heavy (non-hydrogen) atoms. The maximum absolute atomic E-state index is 12.8. The van der Waals surface area contributed by atoms with Gasteiger partial charge in [0.25, 0.3) is 5.91 Å². The molecule has 1 aliphatic carbocycles. The van der Waals surface area contributed by atoms with Crippen LogP contribution in [0.25, 0.3) is 0 Å². The highest BCUT2D eigenvalue weighted by molar-refractivity contribution is 7.17. The number of thiophene rings is 1. The number of primary amides is 1.